The Hall–Kier alpha value is -1.64. The van der Waals surface area contributed by atoms with Gasteiger partial charge in [0.2, 0.25) is 0 Å². The van der Waals surface area contributed by atoms with Crippen molar-refractivity contribution in [3.8, 4) is 0 Å². The Morgan fingerprint density at radius 3 is 1.46 bits per heavy atom. The minimum Gasteiger partial charge on any atom is -0.478 e. The Labute approximate surface area is 159 Å². The lowest BCUT2D eigenvalue weighted by atomic mass is 10.0. The van der Waals surface area contributed by atoms with Crippen molar-refractivity contribution < 1.29 is 14.7 Å². The van der Waals surface area contributed by atoms with Crippen LogP contribution in [0.3, 0.4) is 0 Å². The zero-order chi connectivity index (χ0) is 19.0. The van der Waals surface area contributed by atoms with Crippen molar-refractivity contribution in [3.63, 3.8) is 0 Å². The van der Waals surface area contributed by atoms with Gasteiger partial charge in [-0.25, -0.2) is 4.79 Å². The highest BCUT2D eigenvalue weighted by molar-refractivity contribution is 5.97. The molecule has 0 heterocycles. The number of rotatable bonds is 16. The molecule has 1 aromatic carbocycles. The van der Waals surface area contributed by atoms with Crippen LogP contribution in [0, 0.1) is 0 Å². The maximum atomic E-state index is 12.1. The molecule has 0 aliphatic rings. The SMILES string of the molecule is CCCCCCCCCCCCCCCC(=O)c1ccc(C(=O)O)cc1. The number of benzene rings is 1. The normalized spacial score (nSPS) is 10.8. The van der Waals surface area contributed by atoms with Crippen LogP contribution in [-0.4, -0.2) is 16.9 Å². The molecule has 1 rings (SSSR count). The molecular weight excluding hydrogens is 324 g/mol. The average molecular weight is 361 g/mol. The summed E-state index contributed by atoms with van der Waals surface area (Å²) in [7, 11) is 0. The number of unbranched alkanes of at least 4 members (excludes halogenated alkanes) is 12. The molecule has 3 heteroatoms. The monoisotopic (exact) mass is 360 g/mol. The fourth-order valence-electron chi connectivity index (χ4n) is 3.25. The van der Waals surface area contributed by atoms with Crippen molar-refractivity contribution in [2.45, 2.75) is 96.8 Å². The Balaban J connectivity index is 1.95. The van der Waals surface area contributed by atoms with Crippen LogP contribution in [0.4, 0.5) is 0 Å². The van der Waals surface area contributed by atoms with E-state index in [1.807, 2.05) is 0 Å². The summed E-state index contributed by atoms with van der Waals surface area (Å²) in [6.07, 6.45) is 17.4. The summed E-state index contributed by atoms with van der Waals surface area (Å²) in [5.41, 5.74) is 0.844. The Morgan fingerprint density at radius 1 is 0.654 bits per heavy atom. The van der Waals surface area contributed by atoms with Gasteiger partial charge in [0, 0.05) is 12.0 Å². The molecule has 0 saturated heterocycles. The van der Waals surface area contributed by atoms with Crippen LogP contribution in [0.25, 0.3) is 0 Å². The third-order valence-corrected chi connectivity index (χ3v) is 4.96. The van der Waals surface area contributed by atoms with Crippen LogP contribution < -0.4 is 0 Å². The van der Waals surface area contributed by atoms with Crippen molar-refractivity contribution in [2.75, 3.05) is 0 Å². The molecule has 0 aliphatic heterocycles. The summed E-state index contributed by atoms with van der Waals surface area (Å²) >= 11 is 0. The number of carboxylic acid groups (broad SMARTS) is 1. The highest BCUT2D eigenvalue weighted by atomic mass is 16.4. The first-order valence-electron chi connectivity index (χ1n) is 10.5. The Kier molecular flexibility index (Phi) is 12.5. The zero-order valence-electron chi connectivity index (χ0n) is 16.5. The van der Waals surface area contributed by atoms with E-state index >= 15 is 0 Å². The molecule has 0 unspecified atom stereocenters. The fourth-order valence-corrected chi connectivity index (χ4v) is 3.25. The molecule has 0 aromatic heterocycles. The fraction of sp³-hybridized carbons (Fsp3) is 0.652. The van der Waals surface area contributed by atoms with Crippen molar-refractivity contribution in [1.82, 2.24) is 0 Å². The summed E-state index contributed by atoms with van der Waals surface area (Å²) in [4.78, 5) is 22.9. The van der Waals surface area contributed by atoms with E-state index in [2.05, 4.69) is 6.92 Å². The summed E-state index contributed by atoms with van der Waals surface area (Å²) in [5.74, 6) is -0.842. The first-order valence-corrected chi connectivity index (χ1v) is 10.5. The standard InChI is InChI=1S/C23H36O3/c1-2-3-4-5-6-7-8-9-10-11-12-13-14-15-22(24)20-16-18-21(19-17-20)23(25)26/h16-19H,2-15H2,1H3,(H,25,26). The van der Waals surface area contributed by atoms with Gasteiger partial charge in [-0.05, 0) is 18.6 Å². The van der Waals surface area contributed by atoms with Crippen LogP contribution in [0.15, 0.2) is 24.3 Å². The number of Topliss-reactive ketones (excluding diaryl/α,β-unsaturated/α-hetero) is 1. The third kappa shape index (κ3) is 10.4. The topological polar surface area (TPSA) is 54.4 Å². The first-order chi connectivity index (χ1) is 12.6. The second-order valence-electron chi connectivity index (χ2n) is 7.30. The number of hydrogen-bond acceptors (Lipinski definition) is 2. The molecular formula is C23H36O3. The average Bonchev–Trinajstić information content (AvgIpc) is 2.65. The number of carbonyl (C=O) groups is 2. The highest BCUT2D eigenvalue weighted by Crippen LogP contribution is 2.14. The molecule has 0 spiro atoms. The van der Waals surface area contributed by atoms with Gasteiger partial charge in [-0.15, -0.1) is 0 Å². The lowest BCUT2D eigenvalue weighted by Gasteiger charge is -2.04. The number of carboxylic acids is 1. The molecule has 0 atom stereocenters. The first kappa shape index (κ1) is 22.4. The van der Waals surface area contributed by atoms with E-state index in [1.165, 1.54) is 82.8 Å². The number of aromatic carboxylic acids is 1. The van der Waals surface area contributed by atoms with E-state index in [-0.39, 0.29) is 11.3 Å². The van der Waals surface area contributed by atoms with Crippen molar-refractivity contribution in [3.05, 3.63) is 35.4 Å². The smallest absolute Gasteiger partial charge is 0.335 e. The second kappa shape index (κ2) is 14.5. The molecule has 0 saturated carbocycles. The van der Waals surface area contributed by atoms with Gasteiger partial charge in [-0.2, -0.15) is 0 Å². The van der Waals surface area contributed by atoms with Gasteiger partial charge in [0.1, 0.15) is 0 Å². The third-order valence-electron chi connectivity index (χ3n) is 4.96. The second-order valence-corrected chi connectivity index (χ2v) is 7.30. The maximum Gasteiger partial charge on any atom is 0.335 e. The molecule has 0 radical (unpaired) electrons. The van der Waals surface area contributed by atoms with Gasteiger partial charge in [0.05, 0.1) is 5.56 Å². The van der Waals surface area contributed by atoms with Crippen LogP contribution in [0.2, 0.25) is 0 Å². The molecule has 0 bridgehead atoms. The minimum atomic E-state index is -0.958. The van der Waals surface area contributed by atoms with E-state index in [9.17, 15) is 9.59 Å². The maximum absolute atomic E-state index is 12.1. The van der Waals surface area contributed by atoms with Crippen LogP contribution in [-0.2, 0) is 0 Å². The zero-order valence-corrected chi connectivity index (χ0v) is 16.5. The Bertz CT molecular complexity index is 505. The molecule has 146 valence electrons. The number of hydrogen-bond donors (Lipinski definition) is 1. The van der Waals surface area contributed by atoms with Crippen molar-refractivity contribution in [2.24, 2.45) is 0 Å². The van der Waals surface area contributed by atoms with Crippen LogP contribution in [0.5, 0.6) is 0 Å². The molecule has 1 N–H and O–H groups in total. The molecule has 0 fully saturated rings. The summed E-state index contributed by atoms with van der Waals surface area (Å²) < 4.78 is 0. The van der Waals surface area contributed by atoms with E-state index in [0.717, 1.165) is 12.8 Å². The highest BCUT2D eigenvalue weighted by Gasteiger charge is 2.07. The summed E-state index contributed by atoms with van der Waals surface area (Å²) in [5, 5.41) is 8.87. The Morgan fingerprint density at radius 2 is 1.04 bits per heavy atom. The number of carbonyl (C=O) groups excluding carboxylic acids is 1. The summed E-state index contributed by atoms with van der Waals surface area (Å²) in [6, 6.07) is 6.24. The molecule has 0 amide bonds. The van der Waals surface area contributed by atoms with Crippen molar-refractivity contribution >= 4 is 11.8 Å². The van der Waals surface area contributed by atoms with E-state index in [0.29, 0.717) is 12.0 Å². The molecule has 26 heavy (non-hydrogen) atoms. The van der Waals surface area contributed by atoms with E-state index in [1.54, 1.807) is 12.1 Å². The van der Waals surface area contributed by atoms with Gasteiger partial charge >= 0.3 is 5.97 Å². The van der Waals surface area contributed by atoms with Gasteiger partial charge < -0.3 is 5.11 Å². The molecule has 1 aromatic rings. The largest absolute Gasteiger partial charge is 0.478 e. The van der Waals surface area contributed by atoms with E-state index < -0.39 is 5.97 Å². The van der Waals surface area contributed by atoms with Gasteiger partial charge in [0.25, 0.3) is 0 Å². The van der Waals surface area contributed by atoms with Crippen molar-refractivity contribution in [1.29, 1.82) is 0 Å². The quantitative estimate of drug-likeness (QED) is 0.254. The lowest BCUT2D eigenvalue weighted by molar-refractivity contribution is 0.0696. The predicted octanol–water partition coefficient (Wildman–Crippen LogP) is 7.05. The predicted molar refractivity (Wildman–Crippen MR) is 108 cm³/mol. The lowest BCUT2D eigenvalue weighted by Crippen LogP contribution is -2.01. The minimum absolute atomic E-state index is 0.116. The van der Waals surface area contributed by atoms with Gasteiger partial charge in [-0.1, -0.05) is 96.1 Å². The molecule has 0 aliphatic carbocycles. The number of ketones is 1. The molecule has 3 nitrogen and oxygen atoms in total. The van der Waals surface area contributed by atoms with E-state index in [4.69, 9.17) is 5.11 Å². The van der Waals surface area contributed by atoms with Crippen LogP contribution >= 0.6 is 0 Å². The van der Waals surface area contributed by atoms with Crippen LogP contribution in [0.1, 0.15) is 118 Å². The summed E-state index contributed by atoms with van der Waals surface area (Å²) in [6.45, 7) is 2.26. The van der Waals surface area contributed by atoms with Gasteiger partial charge in [-0.3, -0.25) is 4.79 Å². The van der Waals surface area contributed by atoms with Gasteiger partial charge in [0.15, 0.2) is 5.78 Å².